The molecular formula is C24H18FN5O3. The molecule has 1 aromatic carbocycles. The van der Waals surface area contributed by atoms with E-state index in [0.717, 1.165) is 5.69 Å². The van der Waals surface area contributed by atoms with E-state index in [9.17, 15) is 4.79 Å². The predicted octanol–water partition coefficient (Wildman–Crippen LogP) is 4.44. The number of H-pyrrole nitrogens is 1. The third kappa shape index (κ3) is 3.04. The van der Waals surface area contributed by atoms with Crippen LogP contribution in [0.15, 0.2) is 63.8 Å². The highest BCUT2D eigenvalue weighted by atomic mass is 19.1. The molecule has 0 saturated carbocycles. The van der Waals surface area contributed by atoms with Gasteiger partial charge in [0.2, 0.25) is 11.7 Å². The van der Waals surface area contributed by atoms with Crippen LogP contribution in [0.1, 0.15) is 39.4 Å². The number of furan rings is 1. The molecule has 4 aromatic heterocycles. The maximum atomic E-state index is 15.4. The lowest BCUT2D eigenvalue weighted by Gasteiger charge is -2.33. The molecule has 0 unspecified atom stereocenters. The van der Waals surface area contributed by atoms with E-state index in [1.54, 1.807) is 55.8 Å². The molecule has 1 aliphatic rings. The first kappa shape index (κ1) is 19.4. The van der Waals surface area contributed by atoms with Crippen LogP contribution in [0, 0.1) is 12.7 Å². The summed E-state index contributed by atoms with van der Waals surface area (Å²) in [5.41, 5.74) is 2.75. The molecule has 5 heterocycles. The van der Waals surface area contributed by atoms with Gasteiger partial charge in [0.1, 0.15) is 17.3 Å². The Morgan fingerprint density at radius 3 is 2.82 bits per heavy atom. The van der Waals surface area contributed by atoms with Crippen molar-refractivity contribution in [3.63, 3.8) is 0 Å². The summed E-state index contributed by atoms with van der Waals surface area (Å²) in [6.07, 6.45) is 3.71. The van der Waals surface area contributed by atoms with Gasteiger partial charge in [-0.15, -0.1) is 0 Å². The first-order valence-corrected chi connectivity index (χ1v) is 10.5. The first-order valence-electron chi connectivity index (χ1n) is 10.5. The topological polar surface area (TPSA) is 101 Å². The predicted molar refractivity (Wildman–Crippen MR) is 116 cm³/mol. The number of benzene rings is 1. The van der Waals surface area contributed by atoms with Crippen molar-refractivity contribution in [1.29, 1.82) is 0 Å². The van der Waals surface area contributed by atoms with Gasteiger partial charge in [-0.3, -0.25) is 9.78 Å². The van der Waals surface area contributed by atoms with Crippen LogP contribution in [0.5, 0.6) is 0 Å². The number of nitrogens with zero attached hydrogens (tertiary/aromatic N) is 4. The van der Waals surface area contributed by atoms with Gasteiger partial charge in [0.25, 0.3) is 5.91 Å². The van der Waals surface area contributed by atoms with Gasteiger partial charge < -0.3 is 18.7 Å². The maximum Gasteiger partial charge on any atom is 0.292 e. The van der Waals surface area contributed by atoms with Crippen LogP contribution >= 0.6 is 0 Å². The molecule has 1 atom stereocenters. The van der Waals surface area contributed by atoms with Crippen molar-refractivity contribution in [2.24, 2.45) is 0 Å². The number of para-hydroxylation sites is 1. The Labute approximate surface area is 187 Å². The van der Waals surface area contributed by atoms with Crippen molar-refractivity contribution in [3.8, 4) is 11.6 Å². The quantitative estimate of drug-likeness (QED) is 0.442. The summed E-state index contributed by atoms with van der Waals surface area (Å²) in [5, 5.41) is 0.357. The second-order valence-corrected chi connectivity index (χ2v) is 7.84. The average molecular weight is 443 g/mol. The largest absolute Gasteiger partial charge is 0.455 e. The van der Waals surface area contributed by atoms with E-state index in [1.165, 1.54) is 4.90 Å². The highest BCUT2D eigenvalue weighted by Gasteiger charge is 2.40. The molecular weight excluding hydrogens is 425 g/mol. The minimum absolute atomic E-state index is 0.0414. The Hall–Kier alpha value is -4.27. The molecule has 0 aliphatic carbocycles. The molecule has 5 aromatic rings. The third-order valence-corrected chi connectivity index (χ3v) is 5.87. The number of aromatic amines is 1. The Balaban J connectivity index is 1.45. The number of imidazole rings is 1. The van der Waals surface area contributed by atoms with Crippen LogP contribution in [-0.4, -0.2) is 37.3 Å². The van der Waals surface area contributed by atoms with Gasteiger partial charge in [0, 0.05) is 24.9 Å². The number of oxazole rings is 1. The van der Waals surface area contributed by atoms with Crippen LogP contribution in [0.2, 0.25) is 0 Å². The molecule has 6 rings (SSSR count). The SMILES string of the molecule is Cc1nc(-c2ccccn2)oc1C(=O)N1CCc2[nH]cnc2[C@H]1c1oc2ccccc2c1F. The van der Waals surface area contributed by atoms with Gasteiger partial charge in [0.15, 0.2) is 11.6 Å². The number of halogens is 1. The fourth-order valence-corrected chi connectivity index (χ4v) is 4.29. The number of hydrogen-bond acceptors (Lipinski definition) is 6. The highest BCUT2D eigenvalue weighted by Crippen LogP contribution is 2.39. The fourth-order valence-electron chi connectivity index (χ4n) is 4.29. The van der Waals surface area contributed by atoms with E-state index in [1.807, 2.05) is 6.07 Å². The van der Waals surface area contributed by atoms with Crippen LogP contribution in [0.25, 0.3) is 22.6 Å². The molecule has 1 amide bonds. The van der Waals surface area contributed by atoms with Crippen LogP contribution in [-0.2, 0) is 6.42 Å². The number of carbonyl (C=O) groups is 1. The monoisotopic (exact) mass is 443 g/mol. The molecule has 33 heavy (non-hydrogen) atoms. The van der Waals surface area contributed by atoms with E-state index in [-0.39, 0.29) is 17.4 Å². The van der Waals surface area contributed by atoms with E-state index in [4.69, 9.17) is 8.83 Å². The molecule has 0 saturated heterocycles. The van der Waals surface area contributed by atoms with Crippen molar-refractivity contribution < 1.29 is 18.0 Å². The number of amides is 1. The highest BCUT2D eigenvalue weighted by molar-refractivity contribution is 5.93. The lowest BCUT2D eigenvalue weighted by atomic mass is 9.99. The minimum Gasteiger partial charge on any atom is -0.455 e. The van der Waals surface area contributed by atoms with Gasteiger partial charge in [-0.05, 0) is 31.2 Å². The number of aryl methyl sites for hydroxylation is 1. The lowest BCUT2D eigenvalue weighted by molar-refractivity contribution is 0.0636. The maximum absolute atomic E-state index is 15.4. The number of fused-ring (bicyclic) bond motifs is 2. The second-order valence-electron chi connectivity index (χ2n) is 7.84. The number of carbonyl (C=O) groups excluding carboxylic acids is 1. The standard InChI is InChI=1S/C24H18FN5O3/c1-13-21(33-23(29-13)16-7-4-5-10-26-16)24(31)30-11-9-15-19(28-12-27-15)20(30)22-18(25)14-6-2-3-8-17(14)32-22/h2-8,10,12,20H,9,11H2,1H3,(H,27,28)/t20-/m0/s1. The average Bonchev–Trinajstić information content (AvgIpc) is 3.56. The van der Waals surface area contributed by atoms with Gasteiger partial charge in [-0.25, -0.2) is 14.4 Å². The molecule has 164 valence electrons. The lowest BCUT2D eigenvalue weighted by Crippen LogP contribution is -2.41. The van der Waals surface area contributed by atoms with Crippen molar-refractivity contribution in [3.05, 3.63) is 89.4 Å². The Kier molecular flexibility index (Phi) is 4.36. The van der Waals surface area contributed by atoms with Gasteiger partial charge >= 0.3 is 0 Å². The summed E-state index contributed by atoms with van der Waals surface area (Å²) in [6, 6.07) is 11.4. The minimum atomic E-state index is -0.845. The normalized spacial score (nSPS) is 15.7. The molecule has 0 spiro atoms. The second kappa shape index (κ2) is 7.40. The molecule has 0 radical (unpaired) electrons. The number of hydrogen-bond donors (Lipinski definition) is 1. The van der Waals surface area contributed by atoms with Crippen LogP contribution in [0.3, 0.4) is 0 Å². The van der Waals surface area contributed by atoms with E-state index in [0.29, 0.717) is 41.0 Å². The smallest absolute Gasteiger partial charge is 0.292 e. The number of aromatic nitrogens is 4. The van der Waals surface area contributed by atoms with E-state index < -0.39 is 17.8 Å². The number of nitrogens with one attached hydrogen (secondary N) is 1. The van der Waals surface area contributed by atoms with Gasteiger partial charge in [0.05, 0.1) is 23.1 Å². The zero-order valence-corrected chi connectivity index (χ0v) is 17.6. The summed E-state index contributed by atoms with van der Waals surface area (Å²) in [7, 11) is 0. The zero-order chi connectivity index (χ0) is 22.5. The Morgan fingerprint density at radius 1 is 1.15 bits per heavy atom. The van der Waals surface area contributed by atoms with E-state index in [2.05, 4.69) is 19.9 Å². The van der Waals surface area contributed by atoms with Crippen molar-refractivity contribution >= 4 is 16.9 Å². The molecule has 1 N–H and O–H groups in total. The zero-order valence-electron chi connectivity index (χ0n) is 17.6. The summed E-state index contributed by atoms with van der Waals surface area (Å²) in [6.45, 7) is 2.03. The number of pyridine rings is 1. The van der Waals surface area contributed by atoms with Crippen LogP contribution < -0.4 is 0 Å². The van der Waals surface area contributed by atoms with Gasteiger partial charge in [-0.1, -0.05) is 18.2 Å². The van der Waals surface area contributed by atoms with Crippen molar-refractivity contribution in [1.82, 2.24) is 24.8 Å². The number of rotatable bonds is 3. The molecule has 9 heteroatoms. The van der Waals surface area contributed by atoms with Crippen molar-refractivity contribution in [2.45, 2.75) is 19.4 Å². The molecule has 8 nitrogen and oxygen atoms in total. The third-order valence-electron chi connectivity index (χ3n) is 5.87. The summed E-state index contributed by atoms with van der Waals surface area (Å²) in [4.78, 5) is 31.3. The Morgan fingerprint density at radius 2 is 2.00 bits per heavy atom. The van der Waals surface area contributed by atoms with Crippen LogP contribution in [0.4, 0.5) is 4.39 Å². The summed E-state index contributed by atoms with van der Waals surface area (Å²) in [5.74, 6) is -0.551. The molecule has 0 fully saturated rings. The molecule has 1 aliphatic heterocycles. The summed E-state index contributed by atoms with van der Waals surface area (Å²) >= 11 is 0. The fraction of sp³-hybridized carbons (Fsp3) is 0.167. The summed E-state index contributed by atoms with van der Waals surface area (Å²) < 4.78 is 27.2. The first-order chi connectivity index (χ1) is 16.1. The Bertz CT molecular complexity index is 1490. The van der Waals surface area contributed by atoms with Crippen molar-refractivity contribution in [2.75, 3.05) is 6.54 Å². The van der Waals surface area contributed by atoms with E-state index >= 15 is 4.39 Å². The van der Waals surface area contributed by atoms with Gasteiger partial charge in [-0.2, -0.15) is 0 Å². The molecule has 0 bridgehead atoms.